The number of carbonyl (C=O) groups is 2. The van der Waals surface area contributed by atoms with Crippen molar-refractivity contribution < 1.29 is 36.3 Å². The first kappa shape index (κ1) is 24.2. The average molecular weight is 456 g/mol. The van der Waals surface area contributed by atoms with Crippen LogP contribution >= 0.6 is 0 Å². The number of sulfonamides is 1. The van der Waals surface area contributed by atoms with Crippen molar-refractivity contribution in [3.05, 3.63) is 54.1 Å². The van der Waals surface area contributed by atoms with Crippen LogP contribution in [0.15, 0.2) is 53.4 Å². The molecule has 0 aliphatic heterocycles. The van der Waals surface area contributed by atoms with E-state index >= 15 is 0 Å². The van der Waals surface area contributed by atoms with E-state index in [1.807, 2.05) is 0 Å². The largest absolute Gasteiger partial charge is 0.452 e. The van der Waals surface area contributed by atoms with E-state index < -0.39 is 35.1 Å². The van der Waals surface area contributed by atoms with Crippen LogP contribution in [0.5, 0.6) is 5.75 Å². The van der Waals surface area contributed by atoms with Crippen LogP contribution in [0, 0.1) is 0 Å². The van der Waals surface area contributed by atoms with Crippen molar-refractivity contribution in [2.45, 2.75) is 25.4 Å². The van der Waals surface area contributed by atoms with Crippen molar-refractivity contribution >= 4 is 27.6 Å². The zero-order chi connectivity index (χ0) is 23.0. The Balaban J connectivity index is 1.94. The Morgan fingerprint density at radius 2 is 1.71 bits per heavy atom. The van der Waals surface area contributed by atoms with E-state index in [0.29, 0.717) is 18.8 Å². The quantitative estimate of drug-likeness (QED) is 0.551. The zero-order valence-corrected chi connectivity index (χ0v) is 17.7. The van der Waals surface area contributed by atoms with E-state index in [1.54, 1.807) is 13.8 Å². The van der Waals surface area contributed by atoms with Crippen LogP contribution in [0.1, 0.15) is 24.2 Å². The first-order chi connectivity index (χ1) is 14.7. The Hall–Kier alpha value is -3.05. The third-order valence-electron chi connectivity index (χ3n) is 4.11. The van der Waals surface area contributed by atoms with Crippen LogP contribution in [0.3, 0.4) is 0 Å². The number of hydrogen-bond acceptors (Lipinski definition) is 6. The number of esters is 1. The molecule has 8 nitrogen and oxygen atoms in total. The lowest BCUT2D eigenvalue weighted by molar-refractivity contribution is -0.119. The van der Waals surface area contributed by atoms with Gasteiger partial charge in [-0.3, -0.25) is 4.79 Å². The molecule has 31 heavy (non-hydrogen) atoms. The molecular formula is C20H22F2N2O6S. The number of rotatable bonds is 10. The summed E-state index contributed by atoms with van der Waals surface area (Å²) in [5.41, 5.74) is 0.254. The lowest BCUT2D eigenvalue weighted by Crippen LogP contribution is -2.30. The van der Waals surface area contributed by atoms with Gasteiger partial charge in [0.1, 0.15) is 5.75 Å². The minimum atomic E-state index is -3.62. The molecule has 2 rings (SSSR count). The fourth-order valence-corrected chi connectivity index (χ4v) is 4.09. The van der Waals surface area contributed by atoms with Crippen LogP contribution in [-0.4, -0.2) is 50.9 Å². The van der Waals surface area contributed by atoms with Gasteiger partial charge in [-0.25, -0.2) is 13.2 Å². The second-order valence-electron chi connectivity index (χ2n) is 6.14. The highest BCUT2D eigenvalue weighted by molar-refractivity contribution is 7.89. The van der Waals surface area contributed by atoms with Gasteiger partial charge in [-0.1, -0.05) is 19.9 Å². The summed E-state index contributed by atoms with van der Waals surface area (Å²) in [6, 6.07) is 10.5. The van der Waals surface area contributed by atoms with Gasteiger partial charge in [0.05, 0.1) is 10.5 Å². The molecule has 1 N–H and O–H groups in total. The SMILES string of the molecule is CCN(CC)S(=O)(=O)c1ccc(NC(=O)COC(=O)c2cccc(OC(F)F)c2)cc1. The first-order valence-electron chi connectivity index (χ1n) is 9.29. The van der Waals surface area contributed by atoms with Crippen LogP contribution in [-0.2, 0) is 19.6 Å². The van der Waals surface area contributed by atoms with E-state index in [4.69, 9.17) is 4.74 Å². The van der Waals surface area contributed by atoms with Crippen LogP contribution in [0.2, 0.25) is 0 Å². The predicted molar refractivity (Wildman–Crippen MR) is 109 cm³/mol. The van der Waals surface area contributed by atoms with Crippen molar-refractivity contribution in [3.8, 4) is 5.75 Å². The summed E-state index contributed by atoms with van der Waals surface area (Å²) >= 11 is 0. The van der Waals surface area contributed by atoms with E-state index in [9.17, 15) is 26.8 Å². The Kier molecular flexibility index (Phi) is 8.46. The lowest BCUT2D eigenvalue weighted by Gasteiger charge is -2.18. The van der Waals surface area contributed by atoms with Crippen molar-refractivity contribution in [3.63, 3.8) is 0 Å². The zero-order valence-electron chi connectivity index (χ0n) is 16.9. The standard InChI is InChI=1S/C20H22F2N2O6S/c1-3-24(4-2)31(27,28)17-10-8-15(9-11-17)23-18(25)13-29-19(26)14-6-5-7-16(12-14)30-20(21)22/h5-12,20H,3-4,13H2,1-2H3,(H,23,25). The summed E-state index contributed by atoms with van der Waals surface area (Å²) in [4.78, 5) is 24.1. The highest BCUT2D eigenvalue weighted by Gasteiger charge is 2.21. The van der Waals surface area contributed by atoms with Gasteiger partial charge in [0.25, 0.3) is 5.91 Å². The van der Waals surface area contributed by atoms with Gasteiger partial charge in [0.2, 0.25) is 10.0 Å². The summed E-state index contributed by atoms with van der Waals surface area (Å²) in [6.45, 7) is 0.473. The lowest BCUT2D eigenvalue weighted by atomic mass is 10.2. The average Bonchev–Trinajstić information content (AvgIpc) is 2.73. The third-order valence-corrected chi connectivity index (χ3v) is 6.17. The molecule has 0 atom stereocenters. The molecule has 168 valence electrons. The fourth-order valence-electron chi connectivity index (χ4n) is 2.63. The van der Waals surface area contributed by atoms with Crippen molar-refractivity contribution in [2.24, 2.45) is 0 Å². The molecule has 2 aromatic rings. The van der Waals surface area contributed by atoms with Gasteiger partial charge in [-0.05, 0) is 42.5 Å². The van der Waals surface area contributed by atoms with Crippen molar-refractivity contribution in [1.82, 2.24) is 4.31 Å². The minimum absolute atomic E-state index is 0.0584. The van der Waals surface area contributed by atoms with E-state index in [1.165, 1.54) is 46.8 Å². The number of alkyl halides is 2. The summed E-state index contributed by atoms with van der Waals surface area (Å²) in [6.07, 6.45) is 0. The normalized spacial score (nSPS) is 11.4. The Bertz CT molecular complexity index is 1010. The maximum atomic E-state index is 12.5. The molecule has 1 amide bonds. The topological polar surface area (TPSA) is 102 Å². The molecule has 0 aliphatic rings. The van der Waals surface area contributed by atoms with Gasteiger partial charge < -0.3 is 14.8 Å². The molecule has 0 saturated heterocycles. The number of nitrogens with one attached hydrogen (secondary N) is 1. The molecule has 0 bridgehead atoms. The van der Waals surface area contributed by atoms with Gasteiger partial charge in [-0.2, -0.15) is 13.1 Å². The second-order valence-corrected chi connectivity index (χ2v) is 8.08. The maximum Gasteiger partial charge on any atom is 0.387 e. The van der Waals surface area contributed by atoms with Crippen LogP contribution < -0.4 is 10.1 Å². The smallest absolute Gasteiger partial charge is 0.387 e. The van der Waals surface area contributed by atoms with Gasteiger partial charge in [-0.15, -0.1) is 0 Å². The molecule has 0 aromatic heterocycles. The molecule has 11 heteroatoms. The van der Waals surface area contributed by atoms with Crippen LogP contribution in [0.4, 0.5) is 14.5 Å². The van der Waals surface area contributed by atoms with Gasteiger partial charge in [0, 0.05) is 18.8 Å². The third kappa shape index (κ3) is 6.72. The molecular weight excluding hydrogens is 434 g/mol. The molecule has 2 aromatic carbocycles. The number of ether oxygens (including phenoxy) is 2. The summed E-state index contributed by atoms with van der Waals surface area (Å²) < 4.78 is 59.8. The van der Waals surface area contributed by atoms with Crippen molar-refractivity contribution in [1.29, 1.82) is 0 Å². The number of amides is 1. The Labute approximate surface area is 178 Å². The molecule has 0 radical (unpaired) electrons. The number of halogens is 2. The fraction of sp³-hybridized carbons (Fsp3) is 0.300. The van der Waals surface area contributed by atoms with Gasteiger partial charge in [0.15, 0.2) is 6.61 Å². The van der Waals surface area contributed by atoms with E-state index in [2.05, 4.69) is 10.1 Å². The first-order valence-corrected chi connectivity index (χ1v) is 10.7. The monoisotopic (exact) mass is 456 g/mol. The Morgan fingerprint density at radius 3 is 2.29 bits per heavy atom. The molecule has 0 aliphatic carbocycles. The molecule has 0 unspecified atom stereocenters. The summed E-state index contributed by atoms with van der Waals surface area (Å²) in [5, 5.41) is 2.47. The predicted octanol–water partition coefficient (Wildman–Crippen LogP) is 3.11. The summed E-state index contributed by atoms with van der Waals surface area (Å²) in [5.74, 6) is -1.77. The highest BCUT2D eigenvalue weighted by atomic mass is 32.2. The molecule has 0 fully saturated rings. The number of carbonyl (C=O) groups excluding carboxylic acids is 2. The number of benzene rings is 2. The van der Waals surface area contributed by atoms with E-state index in [-0.39, 0.29) is 16.2 Å². The molecule has 0 heterocycles. The number of nitrogens with zero attached hydrogens (tertiary/aromatic N) is 1. The second kappa shape index (κ2) is 10.8. The highest BCUT2D eigenvalue weighted by Crippen LogP contribution is 2.19. The molecule has 0 spiro atoms. The van der Waals surface area contributed by atoms with Gasteiger partial charge >= 0.3 is 12.6 Å². The Morgan fingerprint density at radius 1 is 1.06 bits per heavy atom. The van der Waals surface area contributed by atoms with Crippen molar-refractivity contribution in [2.75, 3.05) is 25.0 Å². The van der Waals surface area contributed by atoms with E-state index in [0.717, 1.165) is 6.07 Å². The minimum Gasteiger partial charge on any atom is -0.452 e. The van der Waals surface area contributed by atoms with Crippen LogP contribution in [0.25, 0.3) is 0 Å². The number of anilines is 1. The maximum absolute atomic E-state index is 12.5. The molecule has 0 saturated carbocycles. The number of hydrogen-bond donors (Lipinski definition) is 1. The summed E-state index contributed by atoms with van der Waals surface area (Å²) in [7, 11) is -3.62.